The molecule has 8 heteroatoms. The minimum atomic E-state index is -0.880. The maximum Gasteiger partial charge on any atom is 0.355 e. The minimum Gasteiger partial charge on any atom is -0.451 e. The summed E-state index contributed by atoms with van der Waals surface area (Å²) in [6.07, 6.45) is 1.43. The summed E-state index contributed by atoms with van der Waals surface area (Å²) in [7, 11) is 0. The highest BCUT2D eigenvalue weighted by Crippen LogP contribution is 2.22. The third-order valence-corrected chi connectivity index (χ3v) is 3.49. The van der Waals surface area contributed by atoms with Crippen LogP contribution in [0.5, 0.6) is 0 Å². The monoisotopic (exact) mass is 390 g/mol. The highest BCUT2D eigenvalue weighted by molar-refractivity contribution is 6.33. The summed E-state index contributed by atoms with van der Waals surface area (Å²) in [6, 6.07) is 12.3. The van der Waals surface area contributed by atoms with E-state index in [1.807, 2.05) is 0 Å². The van der Waals surface area contributed by atoms with E-state index in [9.17, 15) is 18.8 Å². The van der Waals surface area contributed by atoms with Gasteiger partial charge in [-0.25, -0.2) is 9.18 Å². The van der Waals surface area contributed by atoms with Crippen LogP contribution in [0.2, 0.25) is 5.02 Å². The topological polar surface area (TPSA) is 84.5 Å². The Morgan fingerprint density at radius 1 is 1.15 bits per heavy atom. The molecule has 0 unspecified atom stereocenters. The van der Waals surface area contributed by atoms with Crippen LogP contribution in [-0.4, -0.2) is 24.4 Å². The highest BCUT2D eigenvalue weighted by atomic mass is 35.5. The number of rotatable bonds is 6. The summed E-state index contributed by atoms with van der Waals surface area (Å²) in [5.74, 6) is -2.56. The van der Waals surface area contributed by atoms with Gasteiger partial charge < -0.3 is 15.4 Å². The Kier molecular flexibility index (Phi) is 7.08. The maximum absolute atomic E-state index is 13.0. The fourth-order valence-corrected chi connectivity index (χ4v) is 2.25. The highest BCUT2D eigenvalue weighted by Gasteiger charge is 2.15. The first-order valence-electron chi connectivity index (χ1n) is 7.81. The first kappa shape index (κ1) is 20.1. The lowest BCUT2D eigenvalue weighted by Gasteiger charge is -2.10. The van der Waals surface area contributed by atoms with Crippen molar-refractivity contribution in [1.29, 1.82) is 0 Å². The molecule has 0 atom stereocenters. The van der Waals surface area contributed by atoms with Crippen LogP contribution in [0.15, 0.2) is 54.2 Å². The normalized spacial score (nSPS) is 10.9. The number of esters is 1. The van der Waals surface area contributed by atoms with Gasteiger partial charge in [-0.1, -0.05) is 41.9 Å². The van der Waals surface area contributed by atoms with Crippen LogP contribution >= 0.6 is 11.6 Å². The maximum atomic E-state index is 13.0. The van der Waals surface area contributed by atoms with Crippen LogP contribution in [0.1, 0.15) is 12.5 Å². The van der Waals surface area contributed by atoms with Crippen LogP contribution < -0.4 is 10.6 Å². The van der Waals surface area contributed by atoms with Crippen LogP contribution in [0.4, 0.5) is 10.1 Å². The molecular formula is C19H16ClFN2O4. The second kappa shape index (κ2) is 9.49. The number of hydrogen-bond donors (Lipinski definition) is 2. The van der Waals surface area contributed by atoms with Gasteiger partial charge >= 0.3 is 5.97 Å². The number of amides is 2. The zero-order chi connectivity index (χ0) is 19.8. The van der Waals surface area contributed by atoms with Gasteiger partial charge in [0, 0.05) is 6.92 Å². The molecule has 27 heavy (non-hydrogen) atoms. The molecule has 0 fully saturated rings. The summed E-state index contributed by atoms with van der Waals surface area (Å²) in [5.41, 5.74) is 0.739. The largest absolute Gasteiger partial charge is 0.451 e. The lowest BCUT2D eigenvalue weighted by Crippen LogP contribution is -2.28. The first-order chi connectivity index (χ1) is 12.8. The van der Waals surface area contributed by atoms with Crippen molar-refractivity contribution < 1.29 is 23.5 Å². The molecule has 2 amide bonds. The van der Waals surface area contributed by atoms with Gasteiger partial charge in [0.15, 0.2) is 6.61 Å². The molecule has 2 aromatic rings. The van der Waals surface area contributed by atoms with E-state index in [0.29, 0.717) is 5.56 Å². The zero-order valence-corrected chi connectivity index (χ0v) is 15.0. The van der Waals surface area contributed by atoms with Gasteiger partial charge in [-0.15, -0.1) is 0 Å². The van der Waals surface area contributed by atoms with E-state index < -0.39 is 30.2 Å². The van der Waals surface area contributed by atoms with Gasteiger partial charge in [0.1, 0.15) is 11.5 Å². The number of hydrogen-bond acceptors (Lipinski definition) is 4. The minimum absolute atomic E-state index is 0.0117. The van der Waals surface area contributed by atoms with E-state index in [4.69, 9.17) is 16.3 Å². The SMILES string of the molecule is CC(=O)N/C(=C/c1ccccc1)C(=O)OCC(=O)Nc1ccc(F)cc1Cl. The Bertz CT molecular complexity index is 885. The molecule has 0 aliphatic rings. The Labute approximate surface area is 160 Å². The quantitative estimate of drug-likeness (QED) is 0.586. The Balaban J connectivity index is 2.01. The molecule has 0 heterocycles. The molecule has 0 spiro atoms. The molecule has 0 radical (unpaired) electrons. The van der Waals surface area contributed by atoms with Gasteiger partial charge in [-0.2, -0.15) is 0 Å². The van der Waals surface area contributed by atoms with E-state index in [1.165, 1.54) is 19.1 Å². The molecule has 0 aromatic heterocycles. The van der Waals surface area contributed by atoms with Crippen LogP contribution in [-0.2, 0) is 19.1 Å². The second-order valence-electron chi connectivity index (χ2n) is 5.40. The summed E-state index contributed by atoms with van der Waals surface area (Å²) in [6.45, 7) is 0.633. The number of carbonyl (C=O) groups is 3. The summed E-state index contributed by atoms with van der Waals surface area (Å²) >= 11 is 5.82. The molecule has 0 aliphatic carbocycles. The van der Waals surface area contributed by atoms with Crippen molar-refractivity contribution >= 4 is 41.1 Å². The summed E-state index contributed by atoms with van der Waals surface area (Å²) in [5, 5.41) is 4.78. The Morgan fingerprint density at radius 2 is 1.85 bits per heavy atom. The lowest BCUT2D eigenvalue weighted by molar-refractivity contribution is -0.144. The smallest absolute Gasteiger partial charge is 0.355 e. The molecule has 2 N–H and O–H groups in total. The van der Waals surface area contributed by atoms with Gasteiger partial charge in [-0.05, 0) is 29.8 Å². The van der Waals surface area contributed by atoms with E-state index in [-0.39, 0.29) is 16.4 Å². The fourth-order valence-electron chi connectivity index (χ4n) is 2.04. The predicted molar refractivity (Wildman–Crippen MR) is 99.2 cm³/mol. The number of anilines is 1. The van der Waals surface area contributed by atoms with E-state index in [0.717, 1.165) is 12.1 Å². The molecule has 0 bridgehead atoms. The first-order valence-corrected chi connectivity index (χ1v) is 8.19. The van der Waals surface area contributed by atoms with Crippen molar-refractivity contribution in [2.24, 2.45) is 0 Å². The van der Waals surface area contributed by atoms with Crippen molar-refractivity contribution in [2.45, 2.75) is 6.92 Å². The average molecular weight is 391 g/mol. The van der Waals surface area contributed by atoms with Crippen LogP contribution in [0.3, 0.4) is 0 Å². The van der Waals surface area contributed by atoms with Crippen molar-refractivity contribution in [3.05, 3.63) is 70.6 Å². The van der Waals surface area contributed by atoms with Crippen molar-refractivity contribution in [2.75, 3.05) is 11.9 Å². The molecule has 0 saturated carbocycles. The van der Waals surface area contributed by atoms with Crippen LogP contribution in [0.25, 0.3) is 6.08 Å². The van der Waals surface area contributed by atoms with E-state index >= 15 is 0 Å². The standard InChI is InChI=1S/C19H16ClFN2O4/c1-12(24)22-17(9-13-5-3-2-4-6-13)19(26)27-11-18(25)23-16-8-7-14(21)10-15(16)20/h2-10H,11H2,1H3,(H,22,24)(H,23,25)/b17-9+. The van der Waals surface area contributed by atoms with Crippen molar-refractivity contribution in [3.8, 4) is 0 Å². The number of carbonyl (C=O) groups excluding carboxylic acids is 3. The number of halogens is 2. The third kappa shape index (κ3) is 6.56. The van der Waals surface area contributed by atoms with Crippen LogP contribution in [0, 0.1) is 5.82 Å². The Morgan fingerprint density at radius 3 is 2.48 bits per heavy atom. The van der Waals surface area contributed by atoms with Crippen molar-refractivity contribution in [1.82, 2.24) is 5.32 Å². The molecule has 0 saturated heterocycles. The van der Waals surface area contributed by atoms with Crippen molar-refractivity contribution in [3.63, 3.8) is 0 Å². The average Bonchev–Trinajstić information content (AvgIpc) is 2.62. The number of nitrogens with one attached hydrogen (secondary N) is 2. The molecule has 2 aromatic carbocycles. The molecule has 2 rings (SSSR count). The predicted octanol–water partition coefficient (Wildman–Crippen LogP) is 3.14. The molecule has 0 aliphatic heterocycles. The summed E-state index contributed by atoms with van der Waals surface area (Å²) in [4.78, 5) is 35.4. The van der Waals surface area contributed by atoms with Gasteiger partial charge in [0.25, 0.3) is 5.91 Å². The molecule has 140 valence electrons. The van der Waals surface area contributed by atoms with Gasteiger partial charge in [0.2, 0.25) is 5.91 Å². The van der Waals surface area contributed by atoms with Gasteiger partial charge in [-0.3, -0.25) is 9.59 Å². The number of ether oxygens (including phenoxy) is 1. The van der Waals surface area contributed by atoms with E-state index in [1.54, 1.807) is 30.3 Å². The fraction of sp³-hybridized carbons (Fsp3) is 0.105. The molecule has 6 nitrogen and oxygen atoms in total. The molecular weight excluding hydrogens is 375 g/mol. The third-order valence-electron chi connectivity index (χ3n) is 3.18. The van der Waals surface area contributed by atoms with Gasteiger partial charge in [0.05, 0.1) is 10.7 Å². The summed E-state index contributed by atoms with van der Waals surface area (Å²) < 4.78 is 17.9. The zero-order valence-electron chi connectivity index (χ0n) is 14.3. The lowest BCUT2D eigenvalue weighted by atomic mass is 10.2. The van der Waals surface area contributed by atoms with E-state index in [2.05, 4.69) is 10.6 Å². The second-order valence-corrected chi connectivity index (χ2v) is 5.81. The number of benzene rings is 2. The Hall–Kier alpha value is -3.19.